The molecule has 1 aromatic heterocycles. The Morgan fingerprint density at radius 1 is 1.25 bits per heavy atom. The lowest BCUT2D eigenvalue weighted by atomic mass is 10.2. The summed E-state index contributed by atoms with van der Waals surface area (Å²) in [4.78, 5) is 4.20. The van der Waals surface area contributed by atoms with Gasteiger partial charge in [-0.15, -0.1) is 11.3 Å². The molecule has 0 atom stereocenters. The average molecular weight is 239 g/mol. The van der Waals surface area contributed by atoms with Gasteiger partial charge in [0.25, 0.3) is 0 Å². The van der Waals surface area contributed by atoms with Crippen LogP contribution in [0.25, 0.3) is 10.6 Å². The molecule has 2 aromatic rings. The lowest BCUT2D eigenvalue weighted by Crippen LogP contribution is -1.89. The van der Waals surface area contributed by atoms with Crippen LogP contribution >= 0.6 is 11.3 Å². The lowest BCUT2D eigenvalue weighted by Gasteiger charge is -2.05. The molecule has 0 saturated carbocycles. The molecule has 84 valence electrons. The Bertz CT molecular complexity index is 498. The van der Waals surface area contributed by atoms with E-state index in [-0.39, 0.29) is 5.82 Å². The Morgan fingerprint density at radius 3 is 2.69 bits per heavy atom. The number of halogens is 1. The summed E-state index contributed by atoms with van der Waals surface area (Å²) in [6.07, 6.45) is 0. The first-order valence-corrected chi connectivity index (χ1v) is 5.46. The summed E-state index contributed by atoms with van der Waals surface area (Å²) in [6, 6.07) is 4.34. The molecule has 1 heterocycles. The fourth-order valence-electron chi connectivity index (χ4n) is 1.32. The van der Waals surface area contributed by atoms with Crippen LogP contribution in [0.5, 0.6) is 11.6 Å². The number of hydrogen-bond donors (Lipinski definition) is 0. The summed E-state index contributed by atoms with van der Waals surface area (Å²) in [5.74, 6) is 0.801. The van der Waals surface area contributed by atoms with E-state index in [0.29, 0.717) is 22.2 Å². The van der Waals surface area contributed by atoms with Gasteiger partial charge in [0.1, 0.15) is 16.6 Å². The van der Waals surface area contributed by atoms with Crippen molar-refractivity contribution < 1.29 is 13.9 Å². The number of benzene rings is 1. The Hall–Kier alpha value is -1.62. The number of thiazole rings is 1. The molecule has 1 aromatic carbocycles. The molecule has 0 aliphatic carbocycles. The molecule has 3 nitrogen and oxygen atoms in total. The first kappa shape index (κ1) is 10.9. The monoisotopic (exact) mass is 239 g/mol. The number of aromatic nitrogens is 1. The van der Waals surface area contributed by atoms with Gasteiger partial charge in [0.2, 0.25) is 5.88 Å². The maximum absolute atomic E-state index is 13.1. The van der Waals surface area contributed by atoms with Crippen molar-refractivity contribution in [1.82, 2.24) is 4.98 Å². The van der Waals surface area contributed by atoms with Gasteiger partial charge in [0.05, 0.1) is 25.2 Å². The van der Waals surface area contributed by atoms with E-state index in [1.807, 2.05) is 0 Å². The van der Waals surface area contributed by atoms with Gasteiger partial charge in [-0.25, -0.2) is 9.37 Å². The normalized spacial score (nSPS) is 10.2. The van der Waals surface area contributed by atoms with Crippen LogP contribution in [0.4, 0.5) is 4.39 Å². The molecule has 0 radical (unpaired) electrons. The van der Waals surface area contributed by atoms with Crippen LogP contribution < -0.4 is 9.47 Å². The van der Waals surface area contributed by atoms with Crippen molar-refractivity contribution in [3.8, 4) is 22.2 Å². The quantitative estimate of drug-likeness (QED) is 0.825. The standard InChI is InChI=1S/C11H10FNO2S/c1-14-9-4-3-7(12)5-8(9)11-13-10(15-2)6-16-11/h3-6H,1-2H3. The van der Waals surface area contributed by atoms with E-state index in [0.717, 1.165) is 0 Å². The van der Waals surface area contributed by atoms with Crippen LogP contribution in [0.2, 0.25) is 0 Å². The molecule has 0 aliphatic rings. The molecule has 0 spiro atoms. The molecule has 16 heavy (non-hydrogen) atoms. The zero-order chi connectivity index (χ0) is 11.5. The number of ether oxygens (including phenoxy) is 2. The highest BCUT2D eigenvalue weighted by molar-refractivity contribution is 7.13. The molecule has 0 bridgehead atoms. The Balaban J connectivity index is 2.49. The predicted molar refractivity (Wildman–Crippen MR) is 60.6 cm³/mol. The first-order chi connectivity index (χ1) is 7.74. The van der Waals surface area contributed by atoms with Crippen molar-refractivity contribution in [2.24, 2.45) is 0 Å². The average Bonchev–Trinajstić information content (AvgIpc) is 2.77. The second-order valence-corrected chi connectivity index (χ2v) is 3.90. The van der Waals surface area contributed by atoms with Gasteiger partial charge in [-0.3, -0.25) is 0 Å². The van der Waals surface area contributed by atoms with Crippen molar-refractivity contribution in [1.29, 1.82) is 0 Å². The third kappa shape index (κ3) is 1.99. The number of methoxy groups -OCH3 is 2. The molecule has 0 unspecified atom stereocenters. The van der Waals surface area contributed by atoms with E-state index in [2.05, 4.69) is 4.98 Å². The van der Waals surface area contributed by atoms with Gasteiger partial charge in [0.15, 0.2) is 0 Å². The largest absolute Gasteiger partial charge is 0.496 e. The van der Waals surface area contributed by atoms with E-state index < -0.39 is 0 Å². The van der Waals surface area contributed by atoms with Crippen LogP contribution in [-0.2, 0) is 0 Å². The Labute approximate surface area is 96.5 Å². The van der Waals surface area contributed by atoms with Gasteiger partial charge < -0.3 is 9.47 Å². The van der Waals surface area contributed by atoms with E-state index in [9.17, 15) is 4.39 Å². The summed E-state index contributed by atoms with van der Waals surface area (Å²) >= 11 is 1.38. The summed E-state index contributed by atoms with van der Waals surface area (Å²) in [6.45, 7) is 0. The highest BCUT2D eigenvalue weighted by Crippen LogP contribution is 2.34. The molecular formula is C11H10FNO2S. The maximum Gasteiger partial charge on any atom is 0.224 e. The van der Waals surface area contributed by atoms with Crippen LogP contribution in [0.15, 0.2) is 23.6 Å². The fourth-order valence-corrected chi connectivity index (χ4v) is 2.11. The minimum Gasteiger partial charge on any atom is -0.496 e. The molecule has 0 N–H and O–H groups in total. The van der Waals surface area contributed by atoms with Crippen molar-refractivity contribution in [2.45, 2.75) is 0 Å². The minimum atomic E-state index is -0.315. The van der Waals surface area contributed by atoms with Crippen molar-refractivity contribution in [3.05, 3.63) is 29.4 Å². The first-order valence-electron chi connectivity index (χ1n) is 4.58. The van der Waals surface area contributed by atoms with Crippen molar-refractivity contribution in [2.75, 3.05) is 14.2 Å². The fraction of sp³-hybridized carbons (Fsp3) is 0.182. The van der Waals surface area contributed by atoms with Gasteiger partial charge >= 0.3 is 0 Å². The number of nitrogens with zero attached hydrogens (tertiary/aromatic N) is 1. The van der Waals surface area contributed by atoms with E-state index in [1.165, 1.54) is 23.5 Å². The van der Waals surface area contributed by atoms with Crippen LogP contribution in [0.3, 0.4) is 0 Å². The lowest BCUT2D eigenvalue weighted by molar-refractivity contribution is 0.400. The highest BCUT2D eigenvalue weighted by Gasteiger charge is 2.11. The maximum atomic E-state index is 13.1. The molecule has 0 fully saturated rings. The Kier molecular flexibility index (Phi) is 3.05. The van der Waals surface area contributed by atoms with E-state index in [1.54, 1.807) is 25.7 Å². The molecule has 0 saturated heterocycles. The summed E-state index contributed by atoms with van der Waals surface area (Å²) < 4.78 is 23.3. The number of rotatable bonds is 3. The SMILES string of the molecule is COc1csc(-c2cc(F)ccc2OC)n1. The van der Waals surface area contributed by atoms with Gasteiger partial charge in [-0.05, 0) is 18.2 Å². The Morgan fingerprint density at radius 2 is 2.06 bits per heavy atom. The number of hydrogen-bond acceptors (Lipinski definition) is 4. The second kappa shape index (κ2) is 4.49. The zero-order valence-electron chi connectivity index (χ0n) is 8.86. The molecule has 5 heteroatoms. The topological polar surface area (TPSA) is 31.4 Å². The van der Waals surface area contributed by atoms with E-state index >= 15 is 0 Å². The van der Waals surface area contributed by atoms with Gasteiger partial charge in [-0.2, -0.15) is 0 Å². The van der Waals surface area contributed by atoms with Gasteiger partial charge in [0, 0.05) is 0 Å². The van der Waals surface area contributed by atoms with Crippen molar-refractivity contribution >= 4 is 11.3 Å². The van der Waals surface area contributed by atoms with Gasteiger partial charge in [-0.1, -0.05) is 0 Å². The summed E-state index contributed by atoms with van der Waals surface area (Å²) in [5, 5.41) is 2.44. The highest BCUT2D eigenvalue weighted by atomic mass is 32.1. The van der Waals surface area contributed by atoms with Crippen LogP contribution in [0, 0.1) is 5.82 Å². The molecule has 0 aliphatic heterocycles. The summed E-state index contributed by atoms with van der Waals surface area (Å²) in [7, 11) is 3.09. The molecular weight excluding hydrogens is 229 g/mol. The third-order valence-corrected chi connectivity index (χ3v) is 2.94. The second-order valence-electron chi connectivity index (χ2n) is 3.04. The molecule has 2 rings (SSSR count). The molecule has 0 amide bonds. The van der Waals surface area contributed by atoms with E-state index in [4.69, 9.17) is 9.47 Å². The third-order valence-electron chi connectivity index (χ3n) is 2.08. The smallest absolute Gasteiger partial charge is 0.224 e. The predicted octanol–water partition coefficient (Wildman–Crippen LogP) is 2.97. The van der Waals surface area contributed by atoms with Crippen LogP contribution in [-0.4, -0.2) is 19.2 Å². The van der Waals surface area contributed by atoms with Crippen LogP contribution in [0.1, 0.15) is 0 Å². The van der Waals surface area contributed by atoms with Crippen molar-refractivity contribution in [3.63, 3.8) is 0 Å². The summed E-state index contributed by atoms with van der Waals surface area (Å²) in [5.41, 5.74) is 0.635. The zero-order valence-corrected chi connectivity index (χ0v) is 9.68. The minimum absolute atomic E-state index is 0.315.